The molecule has 0 aromatic heterocycles. The largest absolute Gasteiger partial charge is 0.483 e. The van der Waals surface area contributed by atoms with Gasteiger partial charge in [-0.2, -0.15) is 0 Å². The number of likely N-dealkylation sites (N-methyl/N-ethyl adjacent to an activating group) is 1. The lowest BCUT2D eigenvalue weighted by Crippen LogP contribution is -2.36. The lowest BCUT2D eigenvalue weighted by Gasteiger charge is -2.21. The van der Waals surface area contributed by atoms with Crippen molar-refractivity contribution < 1.29 is 9.53 Å². The molecule has 1 rings (SSSR count). The minimum atomic E-state index is -0.0309. The number of carbonyl (C=O) groups excluding carboxylic acids is 1. The van der Waals surface area contributed by atoms with Crippen LogP contribution in [0, 0.1) is 0 Å². The molecule has 0 aliphatic rings. The fraction of sp³-hybridized carbons (Fsp3) is 0.500. The van der Waals surface area contributed by atoms with Crippen LogP contribution in [0.25, 0.3) is 0 Å². The Bertz CT molecular complexity index is 435. The zero-order valence-electron chi connectivity index (χ0n) is 11.6. The van der Waals surface area contributed by atoms with Crippen molar-refractivity contribution in [1.82, 2.24) is 4.90 Å². The van der Waals surface area contributed by atoms with Crippen LogP contribution in [0.5, 0.6) is 5.75 Å². The van der Waals surface area contributed by atoms with E-state index in [4.69, 9.17) is 10.5 Å². The number of hydrogen-bond acceptors (Lipinski definition) is 3. The molecular formula is C14H21BrN2O2. The van der Waals surface area contributed by atoms with Gasteiger partial charge in [0.25, 0.3) is 5.91 Å². The standard InChI is InChI=1S/C14H21BrN2O2/c1-10(2)17(3)14(18)9-19-13-5-4-12(15)8-11(13)6-7-16/h4-5,8,10H,6-7,9,16H2,1-3H3. The molecule has 0 bridgehead atoms. The van der Waals surface area contributed by atoms with Gasteiger partial charge in [-0.05, 0) is 50.6 Å². The van der Waals surface area contributed by atoms with Crippen LogP contribution in [0.2, 0.25) is 0 Å². The van der Waals surface area contributed by atoms with Crippen molar-refractivity contribution in [2.24, 2.45) is 5.73 Å². The van der Waals surface area contributed by atoms with Gasteiger partial charge in [-0.15, -0.1) is 0 Å². The third-order valence-corrected chi connectivity index (χ3v) is 3.45. The van der Waals surface area contributed by atoms with Gasteiger partial charge in [0, 0.05) is 17.6 Å². The van der Waals surface area contributed by atoms with E-state index in [1.807, 2.05) is 32.0 Å². The van der Waals surface area contributed by atoms with Crippen molar-refractivity contribution in [3.8, 4) is 5.75 Å². The first-order valence-corrected chi connectivity index (χ1v) is 7.12. The Balaban J connectivity index is 2.69. The van der Waals surface area contributed by atoms with Crippen molar-refractivity contribution in [3.63, 3.8) is 0 Å². The number of nitrogens with two attached hydrogens (primary N) is 1. The molecule has 0 saturated heterocycles. The summed E-state index contributed by atoms with van der Waals surface area (Å²) in [5.41, 5.74) is 6.59. The number of carbonyl (C=O) groups is 1. The summed E-state index contributed by atoms with van der Waals surface area (Å²) < 4.78 is 6.59. The summed E-state index contributed by atoms with van der Waals surface area (Å²) in [6.45, 7) is 4.54. The topological polar surface area (TPSA) is 55.6 Å². The van der Waals surface area contributed by atoms with Crippen LogP contribution in [-0.2, 0) is 11.2 Å². The van der Waals surface area contributed by atoms with Gasteiger partial charge in [-0.25, -0.2) is 0 Å². The van der Waals surface area contributed by atoms with Crippen LogP contribution in [0.3, 0.4) is 0 Å². The molecular weight excluding hydrogens is 308 g/mol. The van der Waals surface area contributed by atoms with Crippen molar-refractivity contribution in [1.29, 1.82) is 0 Å². The monoisotopic (exact) mass is 328 g/mol. The Morgan fingerprint density at radius 3 is 2.74 bits per heavy atom. The summed E-state index contributed by atoms with van der Waals surface area (Å²) in [6, 6.07) is 5.90. The molecule has 1 amide bonds. The second kappa shape index (κ2) is 7.50. The predicted molar refractivity (Wildman–Crippen MR) is 80.3 cm³/mol. The highest BCUT2D eigenvalue weighted by atomic mass is 79.9. The number of ether oxygens (including phenoxy) is 1. The minimum absolute atomic E-state index is 0.0309. The Kier molecular flexibility index (Phi) is 6.31. The highest BCUT2D eigenvalue weighted by molar-refractivity contribution is 9.10. The van der Waals surface area contributed by atoms with Crippen LogP contribution in [0.4, 0.5) is 0 Å². The molecule has 0 unspecified atom stereocenters. The van der Waals surface area contributed by atoms with Crippen molar-refractivity contribution >= 4 is 21.8 Å². The maximum absolute atomic E-state index is 11.9. The maximum atomic E-state index is 11.9. The Hall–Kier alpha value is -1.07. The van der Waals surface area contributed by atoms with Crippen molar-refractivity contribution in [3.05, 3.63) is 28.2 Å². The van der Waals surface area contributed by atoms with E-state index >= 15 is 0 Å². The molecule has 2 N–H and O–H groups in total. The summed E-state index contributed by atoms with van der Waals surface area (Å²) in [7, 11) is 1.78. The summed E-state index contributed by atoms with van der Waals surface area (Å²) in [6.07, 6.45) is 0.725. The van der Waals surface area contributed by atoms with Crippen LogP contribution in [0.1, 0.15) is 19.4 Å². The van der Waals surface area contributed by atoms with Gasteiger partial charge >= 0.3 is 0 Å². The van der Waals surface area contributed by atoms with E-state index in [1.165, 1.54) is 0 Å². The highest BCUT2D eigenvalue weighted by Crippen LogP contribution is 2.23. The van der Waals surface area contributed by atoms with E-state index in [9.17, 15) is 4.79 Å². The summed E-state index contributed by atoms with van der Waals surface area (Å²) in [5.74, 6) is 0.691. The summed E-state index contributed by atoms with van der Waals surface area (Å²) in [4.78, 5) is 13.5. The van der Waals surface area contributed by atoms with E-state index in [0.717, 1.165) is 22.2 Å². The molecule has 1 aromatic carbocycles. The number of rotatable bonds is 6. The summed E-state index contributed by atoms with van der Waals surface area (Å²) in [5, 5.41) is 0. The van der Waals surface area contributed by atoms with E-state index in [0.29, 0.717) is 6.54 Å². The SMILES string of the molecule is CC(C)N(C)C(=O)COc1ccc(Br)cc1CCN. The first-order valence-electron chi connectivity index (χ1n) is 6.32. The molecule has 0 heterocycles. The first-order chi connectivity index (χ1) is 8.95. The van der Waals surface area contributed by atoms with Crippen LogP contribution in [0.15, 0.2) is 22.7 Å². The van der Waals surface area contributed by atoms with E-state index in [2.05, 4.69) is 15.9 Å². The van der Waals surface area contributed by atoms with Gasteiger partial charge in [-0.3, -0.25) is 4.79 Å². The molecule has 0 aliphatic heterocycles. The Morgan fingerprint density at radius 2 is 2.16 bits per heavy atom. The first kappa shape index (κ1) is 16.0. The van der Waals surface area contributed by atoms with E-state index < -0.39 is 0 Å². The second-order valence-corrected chi connectivity index (χ2v) is 5.59. The lowest BCUT2D eigenvalue weighted by atomic mass is 10.1. The number of benzene rings is 1. The molecule has 5 heteroatoms. The summed E-state index contributed by atoms with van der Waals surface area (Å²) >= 11 is 3.42. The van der Waals surface area contributed by atoms with Crippen LogP contribution >= 0.6 is 15.9 Å². The molecule has 106 valence electrons. The van der Waals surface area contributed by atoms with Gasteiger partial charge in [0.1, 0.15) is 5.75 Å². The fourth-order valence-corrected chi connectivity index (χ4v) is 1.98. The zero-order valence-corrected chi connectivity index (χ0v) is 13.2. The highest BCUT2D eigenvalue weighted by Gasteiger charge is 2.13. The molecule has 1 aromatic rings. The normalized spacial score (nSPS) is 10.6. The number of halogens is 1. The maximum Gasteiger partial charge on any atom is 0.260 e. The smallest absolute Gasteiger partial charge is 0.260 e. The van der Waals surface area contributed by atoms with Gasteiger partial charge in [0.15, 0.2) is 6.61 Å². The van der Waals surface area contributed by atoms with Crippen LogP contribution < -0.4 is 10.5 Å². The third-order valence-electron chi connectivity index (χ3n) is 2.96. The zero-order chi connectivity index (χ0) is 14.4. The number of amides is 1. The molecule has 0 saturated carbocycles. The fourth-order valence-electron chi connectivity index (χ4n) is 1.57. The van der Waals surface area contributed by atoms with Gasteiger partial charge in [0.05, 0.1) is 0 Å². The van der Waals surface area contributed by atoms with Gasteiger partial charge < -0.3 is 15.4 Å². The van der Waals surface area contributed by atoms with Gasteiger partial charge in [-0.1, -0.05) is 15.9 Å². The number of hydrogen-bond donors (Lipinski definition) is 1. The average Bonchev–Trinajstić information content (AvgIpc) is 2.36. The minimum Gasteiger partial charge on any atom is -0.483 e. The van der Waals surface area contributed by atoms with Crippen molar-refractivity contribution in [2.75, 3.05) is 20.2 Å². The quantitative estimate of drug-likeness (QED) is 0.870. The van der Waals surface area contributed by atoms with Gasteiger partial charge in [0.2, 0.25) is 0 Å². The number of nitrogens with zero attached hydrogens (tertiary/aromatic N) is 1. The molecule has 4 nitrogen and oxygen atoms in total. The second-order valence-electron chi connectivity index (χ2n) is 4.68. The molecule has 0 radical (unpaired) electrons. The molecule has 0 aliphatic carbocycles. The molecule has 0 fully saturated rings. The van der Waals surface area contributed by atoms with E-state index in [-0.39, 0.29) is 18.6 Å². The predicted octanol–water partition coefficient (Wildman–Crippen LogP) is 2.20. The molecule has 19 heavy (non-hydrogen) atoms. The Morgan fingerprint density at radius 1 is 1.47 bits per heavy atom. The van der Waals surface area contributed by atoms with Crippen LogP contribution in [-0.4, -0.2) is 37.0 Å². The average molecular weight is 329 g/mol. The molecule has 0 spiro atoms. The Labute approximate surface area is 123 Å². The van der Waals surface area contributed by atoms with Crippen molar-refractivity contribution in [2.45, 2.75) is 26.3 Å². The lowest BCUT2D eigenvalue weighted by molar-refractivity contribution is -0.133. The van der Waals surface area contributed by atoms with E-state index in [1.54, 1.807) is 11.9 Å². The third kappa shape index (κ3) is 4.84. The molecule has 0 atom stereocenters.